The van der Waals surface area contributed by atoms with E-state index in [4.69, 9.17) is 13.9 Å². The van der Waals surface area contributed by atoms with Gasteiger partial charge in [0.1, 0.15) is 17.4 Å². The summed E-state index contributed by atoms with van der Waals surface area (Å²) in [6, 6.07) is 8.89. The van der Waals surface area contributed by atoms with Crippen molar-refractivity contribution < 1.29 is 18.7 Å². The minimum absolute atomic E-state index is 0.00769. The summed E-state index contributed by atoms with van der Waals surface area (Å²) in [6.07, 6.45) is 3.04. The number of amides is 1. The Morgan fingerprint density at radius 1 is 1.38 bits per heavy atom. The number of ether oxygens (including phenoxy) is 2. The van der Waals surface area contributed by atoms with E-state index in [9.17, 15) is 10.1 Å². The fourth-order valence-electron chi connectivity index (χ4n) is 1.96. The Balaban J connectivity index is 2.23. The summed E-state index contributed by atoms with van der Waals surface area (Å²) < 4.78 is 16.4. The molecule has 24 heavy (non-hydrogen) atoms. The molecule has 1 heterocycles. The lowest BCUT2D eigenvalue weighted by Gasteiger charge is -2.10. The van der Waals surface area contributed by atoms with Crippen molar-refractivity contribution in [2.45, 2.75) is 6.54 Å². The predicted octanol–water partition coefficient (Wildman–Crippen LogP) is 3.12. The highest BCUT2D eigenvalue weighted by atomic mass is 127. The van der Waals surface area contributed by atoms with Crippen LogP contribution in [0.25, 0.3) is 6.08 Å². The van der Waals surface area contributed by atoms with E-state index in [1.165, 1.54) is 19.4 Å². The van der Waals surface area contributed by atoms with Gasteiger partial charge < -0.3 is 19.2 Å². The molecule has 0 saturated heterocycles. The highest BCUT2D eigenvalue weighted by molar-refractivity contribution is 14.1. The quantitative estimate of drug-likeness (QED) is 0.426. The van der Waals surface area contributed by atoms with Crippen LogP contribution >= 0.6 is 22.6 Å². The fourth-order valence-corrected chi connectivity index (χ4v) is 2.55. The average Bonchev–Trinajstić information content (AvgIpc) is 3.11. The zero-order valence-electron chi connectivity index (χ0n) is 13.1. The molecule has 124 valence electrons. The van der Waals surface area contributed by atoms with Gasteiger partial charge in [-0.1, -0.05) is 0 Å². The smallest absolute Gasteiger partial charge is 0.262 e. The van der Waals surface area contributed by atoms with Gasteiger partial charge in [0.05, 0.1) is 27.0 Å². The Hall–Kier alpha value is -2.47. The zero-order valence-corrected chi connectivity index (χ0v) is 15.3. The Labute approximate surface area is 153 Å². The molecule has 2 rings (SSSR count). The van der Waals surface area contributed by atoms with Crippen LogP contribution in [0.5, 0.6) is 11.5 Å². The van der Waals surface area contributed by atoms with Crippen molar-refractivity contribution in [3.8, 4) is 17.6 Å². The van der Waals surface area contributed by atoms with E-state index in [1.807, 2.05) is 6.07 Å². The van der Waals surface area contributed by atoms with E-state index in [1.54, 1.807) is 31.4 Å². The molecule has 6 nitrogen and oxygen atoms in total. The van der Waals surface area contributed by atoms with Gasteiger partial charge in [0.25, 0.3) is 5.91 Å². The van der Waals surface area contributed by atoms with Crippen LogP contribution in [0.3, 0.4) is 0 Å². The van der Waals surface area contributed by atoms with Crippen molar-refractivity contribution in [3.63, 3.8) is 0 Å². The van der Waals surface area contributed by atoms with E-state index < -0.39 is 5.91 Å². The van der Waals surface area contributed by atoms with Crippen molar-refractivity contribution in [3.05, 3.63) is 51.0 Å². The van der Waals surface area contributed by atoms with Crippen LogP contribution in [0.4, 0.5) is 0 Å². The number of carbonyl (C=O) groups is 1. The van der Waals surface area contributed by atoms with E-state index in [0.717, 1.165) is 3.57 Å². The fraction of sp³-hybridized carbons (Fsp3) is 0.176. The molecular formula is C17H15IN2O4. The van der Waals surface area contributed by atoms with E-state index in [-0.39, 0.29) is 12.1 Å². The van der Waals surface area contributed by atoms with Crippen molar-refractivity contribution >= 4 is 34.6 Å². The molecule has 7 heteroatoms. The van der Waals surface area contributed by atoms with Crippen LogP contribution in [-0.2, 0) is 11.3 Å². The summed E-state index contributed by atoms with van der Waals surface area (Å²) in [5.74, 6) is 1.25. The second-order valence-corrected chi connectivity index (χ2v) is 5.82. The Morgan fingerprint density at radius 2 is 2.08 bits per heavy atom. The highest BCUT2D eigenvalue weighted by Gasteiger charge is 2.13. The number of hydrogen-bond donors (Lipinski definition) is 1. The third-order valence-electron chi connectivity index (χ3n) is 3.17. The molecule has 1 amide bonds. The predicted molar refractivity (Wildman–Crippen MR) is 96.4 cm³/mol. The minimum atomic E-state index is -0.473. The molecule has 0 bridgehead atoms. The maximum atomic E-state index is 12.2. The number of nitriles is 1. The Bertz CT molecular complexity index is 792. The zero-order chi connectivity index (χ0) is 17.5. The number of rotatable bonds is 6. The second kappa shape index (κ2) is 8.40. The summed E-state index contributed by atoms with van der Waals surface area (Å²) in [5, 5.41) is 11.9. The van der Waals surface area contributed by atoms with Gasteiger partial charge in [0.2, 0.25) is 0 Å². The Kier molecular flexibility index (Phi) is 6.26. The molecule has 1 aromatic heterocycles. The monoisotopic (exact) mass is 438 g/mol. The van der Waals surface area contributed by atoms with E-state index in [0.29, 0.717) is 22.8 Å². The molecule has 0 spiro atoms. The molecule has 0 unspecified atom stereocenters. The molecule has 2 aromatic rings. The van der Waals surface area contributed by atoms with Crippen LogP contribution in [0.1, 0.15) is 11.3 Å². The number of hydrogen-bond acceptors (Lipinski definition) is 5. The normalized spacial score (nSPS) is 10.8. The third kappa shape index (κ3) is 4.29. The first-order valence-corrected chi connectivity index (χ1v) is 8.00. The van der Waals surface area contributed by atoms with Crippen LogP contribution < -0.4 is 14.8 Å². The summed E-state index contributed by atoms with van der Waals surface area (Å²) in [6.45, 7) is 0.216. The number of halogens is 1. The topological polar surface area (TPSA) is 84.5 Å². The van der Waals surface area contributed by atoms with Gasteiger partial charge in [-0.2, -0.15) is 5.26 Å². The summed E-state index contributed by atoms with van der Waals surface area (Å²) in [7, 11) is 3.08. The Morgan fingerprint density at radius 3 is 2.67 bits per heavy atom. The third-order valence-corrected chi connectivity index (χ3v) is 4.11. The number of carbonyl (C=O) groups excluding carboxylic acids is 1. The first-order chi connectivity index (χ1) is 11.6. The molecule has 0 atom stereocenters. The molecule has 0 aliphatic carbocycles. The maximum absolute atomic E-state index is 12.2. The van der Waals surface area contributed by atoms with Gasteiger partial charge in [-0.05, 0) is 58.5 Å². The standard InChI is InChI=1S/C17H15IN2O4/c1-22-15-7-11(14(18)8-16(15)23-2)6-12(9-19)17(21)20-10-13-4-3-5-24-13/h3-8H,10H2,1-2H3,(H,20,21)/b12-6+. The molecular weight excluding hydrogens is 423 g/mol. The summed E-state index contributed by atoms with van der Waals surface area (Å²) in [4.78, 5) is 12.2. The molecule has 0 radical (unpaired) electrons. The lowest BCUT2D eigenvalue weighted by atomic mass is 10.1. The largest absolute Gasteiger partial charge is 0.493 e. The molecule has 0 aliphatic heterocycles. The number of nitrogens with zero attached hydrogens (tertiary/aromatic N) is 1. The molecule has 0 saturated carbocycles. The number of methoxy groups -OCH3 is 2. The van der Waals surface area contributed by atoms with Crippen LogP contribution in [0.15, 0.2) is 40.5 Å². The number of nitrogens with one attached hydrogen (secondary N) is 1. The second-order valence-electron chi connectivity index (χ2n) is 4.66. The van der Waals surface area contributed by atoms with Gasteiger partial charge in [-0.25, -0.2) is 0 Å². The van der Waals surface area contributed by atoms with Crippen molar-refractivity contribution in [2.75, 3.05) is 14.2 Å². The van der Waals surface area contributed by atoms with Crippen LogP contribution in [0, 0.1) is 14.9 Å². The molecule has 1 N–H and O–H groups in total. The van der Waals surface area contributed by atoms with Gasteiger partial charge in [0, 0.05) is 3.57 Å². The lowest BCUT2D eigenvalue weighted by Crippen LogP contribution is -2.23. The maximum Gasteiger partial charge on any atom is 0.262 e. The minimum Gasteiger partial charge on any atom is -0.493 e. The van der Waals surface area contributed by atoms with E-state index in [2.05, 4.69) is 27.9 Å². The summed E-state index contributed by atoms with van der Waals surface area (Å²) >= 11 is 2.11. The highest BCUT2D eigenvalue weighted by Crippen LogP contribution is 2.32. The van der Waals surface area contributed by atoms with Crippen molar-refractivity contribution in [1.29, 1.82) is 5.26 Å². The first kappa shape index (κ1) is 17.9. The van der Waals surface area contributed by atoms with Gasteiger partial charge >= 0.3 is 0 Å². The van der Waals surface area contributed by atoms with Gasteiger partial charge in [0.15, 0.2) is 11.5 Å². The SMILES string of the molecule is COc1cc(I)c(/C=C(\C#N)C(=O)NCc2ccco2)cc1OC. The summed E-state index contributed by atoms with van der Waals surface area (Å²) in [5.41, 5.74) is 0.685. The van der Waals surface area contributed by atoms with E-state index >= 15 is 0 Å². The van der Waals surface area contributed by atoms with Crippen molar-refractivity contribution in [1.82, 2.24) is 5.32 Å². The molecule has 0 fully saturated rings. The number of benzene rings is 1. The van der Waals surface area contributed by atoms with Crippen LogP contribution in [-0.4, -0.2) is 20.1 Å². The average molecular weight is 438 g/mol. The first-order valence-electron chi connectivity index (χ1n) is 6.93. The molecule has 1 aromatic carbocycles. The van der Waals surface area contributed by atoms with Crippen molar-refractivity contribution in [2.24, 2.45) is 0 Å². The lowest BCUT2D eigenvalue weighted by molar-refractivity contribution is -0.117. The molecule has 0 aliphatic rings. The van der Waals surface area contributed by atoms with Gasteiger partial charge in [-0.3, -0.25) is 4.79 Å². The van der Waals surface area contributed by atoms with Crippen LogP contribution in [0.2, 0.25) is 0 Å². The number of furan rings is 1. The van der Waals surface area contributed by atoms with Gasteiger partial charge in [-0.15, -0.1) is 0 Å².